The van der Waals surface area contributed by atoms with Crippen molar-refractivity contribution in [1.82, 2.24) is 4.90 Å². The van der Waals surface area contributed by atoms with E-state index in [-0.39, 0.29) is 6.03 Å². The van der Waals surface area contributed by atoms with Gasteiger partial charge in [0.05, 0.1) is 0 Å². The molecule has 8 heteroatoms. The molecule has 1 spiro atoms. The maximum atomic E-state index is 12.8. The van der Waals surface area contributed by atoms with Crippen molar-refractivity contribution in [2.24, 2.45) is 0 Å². The van der Waals surface area contributed by atoms with Gasteiger partial charge >= 0.3 is 6.03 Å². The zero-order valence-corrected chi connectivity index (χ0v) is 19.4. The first kappa shape index (κ1) is 21.6. The van der Waals surface area contributed by atoms with E-state index in [9.17, 15) is 14.4 Å². The zero-order chi connectivity index (χ0) is 23.2. The van der Waals surface area contributed by atoms with E-state index in [1.165, 1.54) is 11.8 Å². The average Bonchev–Trinajstić information content (AvgIpc) is 2.83. The van der Waals surface area contributed by atoms with Gasteiger partial charge in [0, 0.05) is 68.3 Å². The van der Waals surface area contributed by atoms with E-state index >= 15 is 0 Å². The molecule has 1 N–H and O–H groups in total. The van der Waals surface area contributed by atoms with Crippen LogP contribution in [0.4, 0.5) is 16.2 Å². The number of ketones is 2. The Morgan fingerprint density at radius 2 is 1.67 bits per heavy atom. The third kappa shape index (κ3) is 3.88. The second-order valence-corrected chi connectivity index (χ2v) is 9.78. The largest absolute Gasteiger partial charge is 0.484 e. The van der Waals surface area contributed by atoms with Gasteiger partial charge in [0.25, 0.3) is 0 Å². The molecule has 2 heterocycles. The molecule has 33 heavy (non-hydrogen) atoms. The van der Waals surface area contributed by atoms with Crippen molar-refractivity contribution in [2.75, 3.05) is 43.2 Å². The summed E-state index contributed by atoms with van der Waals surface area (Å²) in [7, 11) is 3.95. The number of carbonyl (C=O) groups excluding carboxylic acids is 3. The van der Waals surface area contributed by atoms with Crippen LogP contribution in [0.2, 0.25) is 0 Å². The molecule has 0 radical (unpaired) electrons. The normalized spacial score (nSPS) is 19.0. The summed E-state index contributed by atoms with van der Waals surface area (Å²) in [4.78, 5) is 42.1. The zero-order valence-electron chi connectivity index (χ0n) is 18.6. The Balaban J connectivity index is 1.27. The molecule has 2 aromatic carbocycles. The number of urea groups is 1. The van der Waals surface area contributed by atoms with E-state index in [1.54, 1.807) is 17.0 Å². The summed E-state index contributed by atoms with van der Waals surface area (Å²) in [5.74, 6) is 0.154. The van der Waals surface area contributed by atoms with Gasteiger partial charge in [-0.15, -0.1) is 11.8 Å². The van der Waals surface area contributed by atoms with Gasteiger partial charge in [-0.3, -0.25) is 9.59 Å². The van der Waals surface area contributed by atoms with Crippen molar-refractivity contribution in [3.63, 3.8) is 0 Å². The van der Waals surface area contributed by atoms with Gasteiger partial charge in [0.2, 0.25) is 11.6 Å². The molecular formula is C25H25N3O4S. The number of carbonyl (C=O) groups is 3. The SMILES string of the molecule is CN(C)c1ccc(NC(=O)N2CCC3(CC2)CSC2=C(O3)c3ccccc3C(=O)C2=O)cc1. The summed E-state index contributed by atoms with van der Waals surface area (Å²) in [5.41, 5.74) is 2.45. The number of hydrogen-bond acceptors (Lipinski definition) is 6. The summed E-state index contributed by atoms with van der Waals surface area (Å²) >= 11 is 1.41. The molecule has 2 amide bonds. The van der Waals surface area contributed by atoms with Gasteiger partial charge in [0.1, 0.15) is 16.3 Å². The first-order valence-corrected chi connectivity index (χ1v) is 11.9. The number of allylic oxidation sites excluding steroid dienone is 1. The van der Waals surface area contributed by atoms with Crippen LogP contribution in [0, 0.1) is 0 Å². The van der Waals surface area contributed by atoms with Crippen LogP contribution in [0.1, 0.15) is 28.8 Å². The highest BCUT2D eigenvalue weighted by Gasteiger charge is 2.46. The van der Waals surface area contributed by atoms with Crippen molar-refractivity contribution in [3.8, 4) is 0 Å². The Bertz CT molecular complexity index is 1160. The predicted molar refractivity (Wildman–Crippen MR) is 130 cm³/mol. The number of rotatable bonds is 2. The van der Waals surface area contributed by atoms with Crippen molar-refractivity contribution < 1.29 is 19.1 Å². The van der Waals surface area contributed by atoms with Crippen LogP contribution in [0.15, 0.2) is 53.4 Å². The quantitative estimate of drug-likeness (QED) is 0.678. The monoisotopic (exact) mass is 463 g/mol. The molecule has 1 saturated heterocycles. The summed E-state index contributed by atoms with van der Waals surface area (Å²) in [6, 6.07) is 14.7. The number of piperidine rings is 1. The van der Waals surface area contributed by atoms with Crippen LogP contribution in [-0.4, -0.2) is 61.0 Å². The molecule has 0 atom stereocenters. The molecule has 1 fully saturated rings. The van der Waals surface area contributed by atoms with E-state index in [0.29, 0.717) is 53.5 Å². The Labute approximate surface area is 196 Å². The van der Waals surface area contributed by atoms with Gasteiger partial charge < -0.3 is 19.9 Å². The number of anilines is 2. The molecule has 3 aliphatic rings. The molecule has 1 aliphatic carbocycles. The first-order chi connectivity index (χ1) is 15.9. The Kier molecular flexibility index (Phi) is 5.40. The second-order valence-electron chi connectivity index (χ2n) is 8.79. The lowest BCUT2D eigenvalue weighted by Gasteiger charge is -2.45. The number of likely N-dealkylation sites (tertiary alicyclic amines) is 1. The number of thioether (sulfide) groups is 1. The lowest BCUT2D eigenvalue weighted by Crippen LogP contribution is -2.51. The van der Waals surface area contributed by atoms with Crippen LogP contribution in [-0.2, 0) is 9.53 Å². The Morgan fingerprint density at radius 1 is 1.00 bits per heavy atom. The van der Waals surface area contributed by atoms with E-state index in [0.717, 1.165) is 11.4 Å². The number of ether oxygens (including phenoxy) is 1. The molecule has 5 rings (SSSR count). The van der Waals surface area contributed by atoms with Crippen LogP contribution in [0.25, 0.3) is 5.76 Å². The fourth-order valence-corrected chi connectivity index (χ4v) is 5.68. The van der Waals surface area contributed by atoms with Gasteiger partial charge in [0.15, 0.2) is 0 Å². The highest BCUT2D eigenvalue weighted by molar-refractivity contribution is 8.04. The predicted octanol–water partition coefficient (Wildman–Crippen LogP) is 4.02. The molecule has 7 nitrogen and oxygen atoms in total. The summed E-state index contributed by atoms with van der Waals surface area (Å²) in [5, 5.41) is 2.97. The molecule has 0 aromatic heterocycles. The summed E-state index contributed by atoms with van der Waals surface area (Å²) in [6.07, 6.45) is 1.32. The number of nitrogens with zero attached hydrogens (tertiary/aromatic N) is 2. The highest BCUT2D eigenvalue weighted by atomic mass is 32.2. The van der Waals surface area contributed by atoms with Gasteiger partial charge in [-0.2, -0.15) is 0 Å². The van der Waals surface area contributed by atoms with Crippen LogP contribution in [0.5, 0.6) is 0 Å². The van der Waals surface area contributed by atoms with E-state index < -0.39 is 17.2 Å². The van der Waals surface area contributed by atoms with Crippen LogP contribution in [0.3, 0.4) is 0 Å². The maximum absolute atomic E-state index is 12.8. The van der Waals surface area contributed by atoms with Crippen molar-refractivity contribution >= 4 is 46.5 Å². The number of fused-ring (bicyclic) bond motifs is 2. The number of benzene rings is 2. The fourth-order valence-electron chi connectivity index (χ4n) is 4.42. The molecule has 2 aromatic rings. The standard InChI is InChI=1S/C25H25N3O4S/c1-27(2)17-9-7-16(8-10-17)26-24(31)28-13-11-25(12-14-28)15-33-23-21(30)20(29)18-5-3-4-6-19(18)22(23)32-25/h3-10H,11-15H2,1-2H3,(H,26,31). The summed E-state index contributed by atoms with van der Waals surface area (Å²) < 4.78 is 6.47. The number of nitrogens with one attached hydrogen (secondary N) is 1. The van der Waals surface area contributed by atoms with Crippen LogP contribution < -0.4 is 10.2 Å². The van der Waals surface area contributed by atoms with Crippen molar-refractivity contribution in [3.05, 3.63) is 64.6 Å². The number of amides is 2. The van der Waals surface area contributed by atoms with Crippen molar-refractivity contribution in [1.29, 1.82) is 0 Å². The lowest BCUT2D eigenvalue weighted by molar-refractivity contribution is -0.111. The first-order valence-electron chi connectivity index (χ1n) is 10.9. The molecular weight excluding hydrogens is 438 g/mol. The molecule has 0 saturated carbocycles. The average molecular weight is 464 g/mol. The van der Waals surface area contributed by atoms with E-state index in [1.807, 2.05) is 55.4 Å². The van der Waals surface area contributed by atoms with E-state index in [4.69, 9.17) is 4.74 Å². The Hall–Kier alpha value is -3.26. The lowest BCUT2D eigenvalue weighted by atomic mass is 9.90. The minimum Gasteiger partial charge on any atom is -0.484 e. The molecule has 0 unspecified atom stereocenters. The minimum absolute atomic E-state index is 0.130. The Morgan fingerprint density at radius 3 is 2.33 bits per heavy atom. The van der Waals surface area contributed by atoms with Gasteiger partial charge in [-0.05, 0) is 24.3 Å². The van der Waals surface area contributed by atoms with Crippen molar-refractivity contribution in [2.45, 2.75) is 18.4 Å². The van der Waals surface area contributed by atoms with Gasteiger partial charge in [-0.1, -0.05) is 24.3 Å². The topological polar surface area (TPSA) is 79.0 Å². The highest BCUT2D eigenvalue weighted by Crippen LogP contribution is 2.47. The third-order valence-corrected chi connectivity index (χ3v) is 7.76. The van der Waals surface area contributed by atoms with Gasteiger partial charge in [-0.25, -0.2) is 4.79 Å². The minimum atomic E-state index is -0.486. The maximum Gasteiger partial charge on any atom is 0.321 e. The number of Topliss-reactive ketones (excluding diaryl/α,β-unsaturated/α-hetero) is 2. The second kappa shape index (κ2) is 8.26. The molecule has 0 bridgehead atoms. The molecule has 170 valence electrons. The van der Waals surface area contributed by atoms with Crippen LogP contribution >= 0.6 is 11.8 Å². The number of hydrogen-bond donors (Lipinski definition) is 1. The smallest absolute Gasteiger partial charge is 0.321 e. The fraction of sp³-hybridized carbons (Fsp3) is 0.320. The summed E-state index contributed by atoms with van der Waals surface area (Å²) in [6.45, 7) is 1.11. The molecule has 2 aliphatic heterocycles. The third-order valence-electron chi connectivity index (χ3n) is 6.43. The van der Waals surface area contributed by atoms with E-state index in [2.05, 4.69) is 5.32 Å².